The van der Waals surface area contributed by atoms with Crippen LogP contribution >= 0.6 is 11.3 Å². The van der Waals surface area contributed by atoms with Crippen LogP contribution in [0.4, 0.5) is 5.69 Å². The zero-order chi connectivity index (χ0) is 18.4. The third-order valence-corrected chi connectivity index (χ3v) is 4.85. The maximum absolute atomic E-state index is 12.6. The zero-order valence-corrected chi connectivity index (χ0v) is 16.0. The van der Waals surface area contributed by atoms with Gasteiger partial charge in [0.25, 0.3) is 11.8 Å². The van der Waals surface area contributed by atoms with Crippen molar-refractivity contribution in [1.29, 1.82) is 0 Å². The number of para-hydroxylation sites is 1. The summed E-state index contributed by atoms with van der Waals surface area (Å²) in [5.41, 5.74) is 1.70. The summed E-state index contributed by atoms with van der Waals surface area (Å²) in [6.45, 7) is 7.78. The summed E-state index contributed by atoms with van der Waals surface area (Å²) in [5.74, 6) is -0.418. The SMILES string of the molecule is CCCCc1nc(C)c(C(=O)Nc2ccccc2C(=O)NC(C)C)s1. The maximum Gasteiger partial charge on any atom is 0.267 e. The first-order valence-electron chi connectivity index (χ1n) is 8.60. The Bertz CT molecular complexity index is 753. The van der Waals surface area contributed by atoms with Gasteiger partial charge in [0.1, 0.15) is 4.88 Å². The summed E-state index contributed by atoms with van der Waals surface area (Å²) >= 11 is 1.43. The lowest BCUT2D eigenvalue weighted by atomic mass is 10.1. The van der Waals surface area contributed by atoms with E-state index < -0.39 is 0 Å². The van der Waals surface area contributed by atoms with E-state index >= 15 is 0 Å². The molecule has 0 radical (unpaired) electrons. The van der Waals surface area contributed by atoms with E-state index in [1.807, 2.05) is 20.8 Å². The van der Waals surface area contributed by atoms with Crippen molar-refractivity contribution in [2.24, 2.45) is 0 Å². The van der Waals surface area contributed by atoms with Gasteiger partial charge < -0.3 is 10.6 Å². The van der Waals surface area contributed by atoms with Crippen LogP contribution in [0.3, 0.4) is 0 Å². The van der Waals surface area contributed by atoms with Gasteiger partial charge in [0.05, 0.1) is 22.0 Å². The predicted molar refractivity (Wildman–Crippen MR) is 102 cm³/mol. The Kier molecular flexibility index (Phi) is 6.70. The highest BCUT2D eigenvalue weighted by Gasteiger charge is 2.18. The molecule has 0 aliphatic rings. The van der Waals surface area contributed by atoms with Crippen molar-refractivity contribution in [1.82, 2.24) is 10.3 Å². The quantitative estimate of drug-likeness (QED) is 0.779. The number of carbonyl (C=O) groups excluding carboxylic acids is 2. The van der Waals surface area contributed by atoms with Crippen molar-refractivity contribution in [2.45, 2.75) is 53.0 Å². The number of anilines is 1. The van der Waals surface area contributed by atoms with Crippen LogP contribution in [0.15, 0.2) is 24.3 Å². The van der Waals surface area contributed by atoms with Gasteiger partial charge in [-0.25, -0.2) is 4.98 Å². The Labute approximate surface area is 152 Å². The molecule has 0 atom stereocenters. The molecule has 1 aromatic heterocycles. The van der Waals surface area contributed by atoms with Gasteiger partial charge in [-0.15, -0.1) is 11.3 Å². The Hall–Kier alpha value is -2.21. The van der Waals surface area contributed by atoms with Gasteiger partial charge in [-0.3, -0.25) is 9.59 Å². The molecule has 0 aliphatic heterocycles. The fraction of sp³-hybridized carbons (Fsp3) is 0.421. The highest BCUT2D eigenvalue weighted by atomic mass is 32.1. The van der Waals surface area contributed by atoms with Crippen LogP contribution in [0.5, 0.6) is 0 Å². The van der Waals surface area contributed by atoms with Gasteiger partial charge in [0, 0.05) is 6.04 Å². The lowest BCUT2D eigenvalue weighted by molar-refractivity contribution is 0.0944. The molecule has 2 N–H and O–H groups in total. The second-order valence-corrected chi connectivity index (χ2v) is 7.34. The number of rotatable bonds is 7. The second kappa shape index (κ2) is 8.76. The Balaban J connectivity index is 2.18. The number of carbonyl (C=O) groups is 2. The number of nitrogens with one attached hydrogen (secondary N) is 2. The standard InChI is InChI=1S/C19H25N3O2S/c1-5-6-11-16-21-13(4)17(25-16)19(24)22-15-10-8-7-9-14(15)18(23)20-12(2)3/h7-10,12H,5-6,11H2,1-4H3,(H,20,23)(H,22,24). The second-order valence-electron chi connectivity index (χ2n) is 6.25. The van der Waals surface area contributed by atoms with E-state index in [0.29, 0.717) is 16.1 Å². The molecule has 0 spiro atoms. The van der Waals surface area contributed by atoms with Crippen LogP contribution in [0, 0.1) is 6.92 Å². The summed E-state index contributed by atoms with van der Waals surface area (Å²) in [4.78, 5) is 30.0. The summed E-state index contributed by atoms with van der Waals surface area (Å²) in [5, 5.41) is 6.69. The molecule has 6 heteroatoms. The number of hydrogen-bond acceptors (Lipinski definition) is 4. The van der Waals surface area contributed by atoms with Gasteiger partial charge >= 0.3 is 0 Å². The van der Waals surface area contributed by atoms with E-state index in [9.17, 15) is 9.59 Å². The van der Waals surface area contributed by atoms with E-state index in [4.69, 9.17) is 0 Å². The summed E-state index contributed by atoms with van der Waals surface area (Å²) < 4.78 is 0. The van der Waals surface area contributed by atoms with Crippen LogP contribution in [-0.4, -0.2) is 22.8 Å². The molecule has 1 heterocycles. The molecule has 2 rings (SSSR count). The molecule has 2 amide bonds. The van der Waals surface area contributed by atoms with Crippen molar-refractivity contribution in [3.05, 3.63) is 45.4 Å². The normalized spacial score (nSPS) is 10.8. The van der Waals surface area contributed by atoms with Crippen LogP contribution < -0.4 is 10.6 Å². The molecular formula is C19H25N3O2S. The fourth-order valence-corrected chi connectivity index (χ4v) is 3.41. The first kappa shape index (κ1) is 19.1. The van der Waals surface area contributed by atoms with E-state index in [1.165, 1.54) is 11.3 Å². The monoisotopic (exact) mass is 359 g/mol. The van der Waals surface area contributed by atoms with Crippen LogP contribution in [0.1, 0.15) is 64.3 Å². The number of amides is 2. The molecule has 0 fully saturated rings. The van der Waals surface area contributed by atoms with Gasteiger partial charge in [-0.2, -0.15) is 0 Å². The molecular weight excluding hydrogens is 334 g/mol. The Morgan fingerprint density at radius 2 is 1.92 bits per heavy atom. The van der Waals surface area contributed by atoms with E-state index in [1.54, 1.807) is 24.3 Å². The molecule has 0 saturated heterocycles. The average Bonchev–Trinajstić information content (AvgIpc) is 2.93. The molecule has 134 valence electrons. The molecule has 0 saturated carbocycles. The van der Waals surface area contributed by atoms with Crippen molar-refractivity contribution in [3.63, 3.8) is 0 Å². The van der Waals surface area contributed by atoms with Gasteiger partial charge in [0.15, 0.2) is 0 Å². The third kappa shape index (κ3) is 5.13. The minimum atomic E-state index is -0.220. The topological polar surface area (TPSA) is 71.1 Å². The Morgan fingerprint density at radius 1 is 1.20 bits per heavy atom. The van der Waals surface area contributed by atoms with Crippen molar-refractivity contribution >= 4 is 28.8 Å². The van der Waals surface area contributed by atoms with Gasteiger partial charge in [0.2, 0.25) is 0 Å². The minimum absolute atomic E-state index is 0.0288. The summed E-state index contributed by atoms with van der Waals surface area (Å²) in [6.07, 6.45) is 3.05. The molecule has 5 nitrogen and oxygen atoms in total. The maximum atomic E-state index is 12.6. The van der Waals surface area contributed by atoms with E-state index in [0.717, 1.165) is 30.0 Å². The fourth-order valence-electron chi connectivity index (χ4n) is 2.41. The van der Waals surface area contributed by atoms with Crippen LogP contribution in [0.2, 0.25) is 0 Å². The lowest BCUT2D eigenvalue weighted by Crippen LogP contribution is -2.31. The molecule has 0 bridgehead atoms. The highest BCUT2D eigenvalue weighted by Crippen LogP contribution is 2.23. The Morgan fingerprint density at radius 3 is 2.60 bits per heavy atom. The molecule has 2 aromatic rings. The first-order chi connectivity index (χ1) is 11.9. The predicted octanol–water partition coefficient (Wildman–Crippen LogP) is 4.18. The largest absolute Gasteiger partial charge is 0.350 e. The third-order valence-electron chi connectivity index (χ3n) is 3.63. The molecule has 1 aromatic carbocycles. The van der Waals surface area contributed by atoms with Gasteiger partial charge in [-0.1, -0.05) is 25.5 Å². The first-order valence-corrected chi connectivity index (χ1v) is 9.41. The van der Waals surface area contributed by atoms with Gasteiger partial charge in [-0.05, 0) is 45.7 Å². The molecule has 0 aliphatic carbocycles. The van der Waals surface area contributed by atoms with E-state index in [2.05, 4.69) is 22.5 Å². The average molecular weight is 359 g/mol. The van der Waals surface area contributed by atoms with Crippen molar-refractivity contribution in [3.8, 4) is 0 Å². The molecule has 25 heavy (non-hydrogen) atoms. The molecule has 0 unspecified atom stereocenters. The number of aromatic nitrogens is 1. The van der Waals surface area contributed by atoms with Crippen LogP contribution in [-0.2, 0) is 6.42 Å². The smallest absolute Gasteiger partial charge is 0.267 e. The van der Waals surface area contributed by atoms with E-state index in [-0.39, 0.29) is 17.9 Å². The number of unbranched alkanes of at least 4 members (excludes halogenated alkanes) is 1. The zero-order valence-electron chi connectivity index (χ0n) is 15.2. The number of nitrogens with zero attached hydrogens (tertiary/aromatic N) is 1. The number of benzene rings is 1. The number of thiazole rings is 1. The highest BCUT2D eigenvalue weighted by molar-refractivity contribution is 7.13. The summed E-state index contributed by atoms with van der Waals surface area (Å²) in [7, 11) is 0. The van der Waals surface area contributed by atoms with Crippen molar-refractivity contribution < 1.29 is 9.59 Å². The number of hydrogen-bond donors (Lipinski definition) is 2. The van der Waals surface area contributed by atoms with Crippen LogP contribution in [0.25, 0.3) is 0 Å². The lowest BCUT2D eigenvalue weighted by Gasteiger charge is -2.12. The van der Waals surface area contributed by atoms with Crippen molar-refractivity contribution in [2.75, 3.05) is 5.32 Å². The minimum Gasteiger partial charge on any atom is -0.350 e. The number of aryl methyl sites for hydroxylation is 2. The summed E-state index contributed by atoms with van der Waals surface area (Å²) in [6, 6.07) is 7.06.